The van der Waals surface area contributed by atoms with E-state index in [2.05, 4.69) is 19.9 Å². The van der Waals surface area contributed by atoms with Crippen molar-refractivity contribution in [2.45, 2.75) is 40.0 Å². The Balaban J connectivity index is 2.17. The number of furan rings is 1. The van der Waals surface area contributed by atoms with Crippen LogP contribution in [0, 0.1) is 18.3 Å². The van der Waals surface area contributed by atoms with E-state index >= 15 is 0 Å². The first kappa shape index (κ1) is 10.8. The van der Waals surface area contributed by atoms with E-state index in [1.54, 1.807) is 6.26 Å². The molecule has 0 radical (unpaired) electrons. The SMILES string of the molecule is CC1=CCC[C@]2(C)C(=O)c3occ(C)c3C[C@@H]12. The number of allylic oxidation sites excluding steroid dienone is 2. The number of ketones is 1. The van der Waals surface area contributed by atoms with Crippen molar-refractivity contribution in [3.63, 3.8) is 0 Å². The maximum atomic E-state index is 12.6. The van der Waals surface area contributed by atoms with Gasteiger partial charge in [-0.1, -0.05) is 18.6 Å². The number of aryl methyl sites for hydroxylation is 1. The number of hydrogen-bond donors (Lipinski definition) is 0. The third-order valence-corrected chi connectivity index (χ3v) is 4.69. The fourth-order valence-corrected chi connectivity index (χ4v) is 3.45. The van der Waals surface area contributed by atoms with Crippen LogP contribution in [-0.4, -0.2) is 5.78 Å². The van der Waals surface area contributed by atoms with Gasteiger partial charge in [-0.15, -0.1) is 0 Å². The molecule has 0 aliphatic heterocycles. The van der Waals surface area contributed by atoms with Gasteiger partial charge in [-0.05, 0) is 44.6 Å². The Hall–Kier alpha value is -1.31. The minimum absolute atomic E-state index is 0.212. The number of rotatable bonds is 0. The number of fused-ring (bicyclic) bond motifs is 2. The van der Waals surface area contributed by atoms with Crippen LogP contribution in [0.3, 0.4) is 0 Å². The molecule has 0 bridgehead atoms. The van der Waals surface area contributed by atoms with E-state index in [1.807, 2.05) is 6.92 Å². The highest BCUT2D eigenvalue weighted by Crippen LogP contribution is 2.49. The van der Waals surface area contributed by atoms with Crippen LogP contribution in [0.4, 0.5) is 0 Å². The van der Waals surface area contributed by atoms with Crippen LogP contribution in [0.15, 0.2) is 22.3 Å². The van der Waals surface area contributed by atoms with Gasteiger partial charge >= 0.3 is 0 Å². The van der Waals surface area contributed by atoms with Crippen molar-refractivity contribution in [3.05, 3.63) is 34.8 Å². The van der Waals surface area contributed by atoms with Crippen molar-refractivity contribution in [2.24, 2.45) is 11.3 Å². The molecular formula is C15H18O2. The van der Waals surface area contributed by atoms with Gasteiger partial charge < -0.3 is 4.42 Å². The standard InChI is InChI=1S/C15H18O2/c1-9-5-4-6-15(3)12(9)7-11-10(2)8-17-13(11)14(15)16/h5,8,12H,4,6-7H2,1-3H3/t12-,15-/m0/s1. The minimum Gasteiger partial charge on any atom is -0.461 e. The molecule has 2 atom stereocenters. The van der Waals surface area contributed by atoms with Crippen LogP contribution in [0.1, 0.15) is 48.4 Å². The summed E-state index contributed by atoms with van der Waals surface area (Å²) in [6, 6.07) is 0. The Kier molecular flexibility index (Phi) is 2.13. The fourth-order valence-electron chi connectivity index (χ4n) is 3.45. The quantitative estimate of drug-likeness (QED) is 0.636. The van der Waals surface area contributed by atoms with E-state index in [4.69, 9.17) is 4.42 Å². The Labute approximate surface area is 102 Å². The summed E-state index contributed by atoms with van der Waals surface area (Å²) in [5.41, 5.74) is 3.38. The number of Topliss-reactive ketones (excluding diaryl/α,β-unsaturated/α-hetero) is 1. The van der Waals surface area contributed by atoms with E-state index < -0.39 is 0 Å². The second-order valence-corrected chi connectivity index (χ2v) is 5.72. The monoisotopic (exact) mass is 230 g/mol. The molecule has 2 aliphatic rings. The molecule has 0 spiro atoms. The molecular weight excluding hydrogens is 212 g/mol. The van der Waals surface area contributed by atoms with Crippen LogP contribution in [0.25, 0.3) is 0 Å². The lowest BCUT2D eigenvalue weighted by molar-refractivity contribution is 0.0639. The zero-order chi connectivity index (χ0) is 12.2. The van der Waals surface area contributed by atoms with Gasteiger partial charge in [0.25, 0.3) is 0 Å². The van der Waals surface area contributed by atoms with Crippen molar-refractivity contribution in [2.75, 3.05) is 0 Å². The van der Waals surface area contributed by atoms with Crippen molar-refractivity contribution in [3.8, 4) is 0 Å². The molecule has 0 amide bonds. The summed E-state index contributed by atoms with van der Waals surface area (Å²) < 4.78 is 5.48. The summed E-state index contributed by atoms with van der Waals surface area (Å²) >= 11 is 0. The van der Waals surface area contributed by atoms with E-state index in [1.165, 1.54) is 5.57 Å². The summed E-state index contributed by atoms with van der Waals surface area (Å²) in [4.78, 5) is 12.6. The largest absolute Gasteiger partial charge is 0.461 e. The van der Waals surface area contributed by atoms with Crippen LogP contribution in [0.2, 0.25) is 0 Å². The predicted molar refractivity (Wildman–Crippen MR) is 66.1 cm³/mol. The first-order valence-electron chi connectivity index (χ1n) is 6.32. The normalized spacial score (nSPS) is 31.8. The molecule has 0 N–H and O–H groups in total. The maximum absolute atomic E-state index is 12.6. The fraction of sp³-hybridized carbons (Fsp3) is 0.533. The third kappa shape index (κ3) is 1.30. The number of carbonyl (C=O) groups excluding carboxylic acids is 1. The lowest BCUT2D eigenvalue weighted by Crippen LogP contribution is -2.43. The Morgan fingerprint density at radius 3 is 2.94 bits per heavy atom. The molecule has 0 saturated heterocycles. The second-order valence-electron chi connectivity index (χ2n) is 5.72. The molecule has 1 aromatic heterocycles. The topological polar surface area (TPSA) is 30.2 Å². The molecule has 2 nitrogen and oxygen atoms in total. The van der Waals surface area contributed by atoms with E-state index in [0.29, 0.717) is 11.7 Å². The summed E-state index contributed by atoms with van der Waals surface area (Å²) in [6.45, 7) is 6.30. The molecule has 0 unspecified atom stereocenters. The molecule has 2 aliphatic carbocycles. The molecule has 0 aromatic carbocycles. The lowest BCUT2D eigenvalue weighted by atomic mass is 9.59. The Morgan fingerprint density at radius 1 is 1.41 bits per heavy atom. The molecule has 0 saturated carbocycles. The molecule has 0 fully saturated rings. The maximum Gasteiger partial charge on any atom is 0.204 e. The Morgan fingerprint density at radius 2 is 2.18 bits per heavy atom. The van der Waals surface area contributed by atoms with Gasteiger partial charge in [0, 0.05) is 11.0 Å². The summed E-state index contributed by atoms with van der Waals surface area (Å²) in [5.74, 6) is 1.20. The van der Waals surface area contributed by atoms with Crippen molar-refractivity contribution in [1.29, 1.82) is 0 Å². The molecule has 1 aromatic rings. The summed E-state index contributed by atoms with van der Waals surface area (Å²) in [7, 11) is 0. The van der Waals surface area contributed by atoms with Crippen molar-refractivity contribution < 1.29 is 9.21 Å². The Bertz CT molecular complexity index is 521. The van der Waals surface area contributed by atoms with E-state index in [9.17, 15) is 4.79 Å². The van der Waals surface area contributed by atoms with Gasteiger partial charge in [0.05, 0.1) is 6.26 Å². The van der Waals surface area contributed by atoms with Crippen LogP contribution < -0.4 is 0 Å². The predicted octanol–water partition coefficient (Wildman–Crippen LogP) is 3.69. The highest BCUT2D eigenvalue weighted by Gasteiger charge is 2.49. The van der Waals surface area contributed by atoms with Gasteiger partial charge in [0.15, 0.2) is 5.76 Å². The second kappa shape index (κ2) is 3.34. The van der Waals surface area contributed by atoms with E-state index in [0.717, 1.165) is 30.4 Å². The van der Waals surface area contributed by atoms with Crippen LogP contribution in [-0.2, 0) is 6.42 Å². The molecule has 90 valence electrons. The number of hydrogen-bond acceptors (Lipinski definition) is 2. The summed E-state index contributed by atoms with van der Waals surface area (Å²) in [5, 5.41) is 0. The summed E-state index contributed by atoms with van der Waals surface area (Å²) in [6.07, 6.45) is 6.94. The minimum atomic E-state index is -0.240. The van der Waals surface area contributed by atoms with Crippen molar-refractivity contribution in [1.82, 2.24) is 0 Å². The zero-order valence-electron chi connectivity index (χ0n) is 10.7. The van der Waals surface area contributed by atoms with Gasteiger partial charge in [0.1, 0.15) is 0 Å². The van der Waals surface area contributed by atoms with E-state index in [-0.39, 0.29) is 11.2 Å². The number of carbonyl (C=O) groups is 1. The average Bonchev–Trinajstić information content (AvgIpc) is 2.64. The van der Waals surface area contributed by atoms with Crippen LogP contribution in [0.5, 0.6) is 0 Å². The van der Waals surface area contributed by atoms with Crippen molar-refractivity contribution >= 4 is 5.78 Å². The van der Waals surface area contributed by atoms with Crippen LogP contribution >= 0.6 is 0 Å². The van der Waals surface area contributed by atoms with Gasteiger partial charge in [-0.25, -0.2) is 0 Å². The zero-order valence-corrected chi connectivity index (χ0v) is 10.7. The highest BCUT2D eigenvalue weighted by atomic mass is 16.3. The van der Waals surface area contributed by atoms with Gasteiger partial charge in [0.2, 0.25) is 5.78 Å². The highest BCUT2D eigenvalue weighted by molar-refractivity contribution is 6.01. The van der Waals surface area contributed by atoms with Gasteiger partial charge in [-0.3, -0.25) is 4.79 Å². The van der Waals surface area contributed by atoms with Gasteiger partial charge in [-0.2, -0.15) is 0 Å². The first-order valence-corrected chi connectivity index (χ1v) is 6.32. The smallest absolute Gasteiger partial charge is 0.204 e. The molecule has 2 heteroatoms. The molecule has 1 heterocycles. The average molecular weight is 230 g/mol. The molecule has 17 heavy (non-hydrogen) atoms. The lowest BCUT2D eigenvalue weighted by Gasteiger charge is -2.42. The first-order chi connectivity index (χ1) is 8.04. The third-order valence-electron chi connectivity index (χ3n) is 4.69. The molecule has 3 rings (SSSR count).